The number of benzene rings is 3. The van der Waals surface area contributed by atoms with Crippen LogP contribution in [0.2, 0.25) is 0 Å². The number of nitrogens with zero attached hydrogens (tertiary/aromatic N) is 6. The smallest absolute Gasteiger partial charge is 0.791 e. The predicted molar refractivity (Wildman–Crippen MR) is 179 cm³/mol. The summed E-state index contributed by atoms with van der Waals surface area (Å²) in [5.74, 6) is 0. The van der Waals surface area contributed by atoms with Gasteiger partial charge in [0.05, 0.1) is 34.2 Å². The maximum absolute atomic E-state index is 10.8. The van der Waals surface area contributed by atoms with Gasteiger partial charge in [-0.3, -0.25) is 15.0 Å². The van der Waals surface area contributed by atoms with Crippen molar-refractivity contribution in [3.05, 3.63) is 214 Å². The quantitative estimate of drug-likeness (QED) is 0.130. The normalized spacial score (nSPS) is 11.1. The molecule has 0 saturated heterocycles. The third-order valence-electron chi connectivity index (χ3n) is 6.14. The maximum Gasteiger partial charge on any atom is 3.00 e. The first-order chi connectivity index (χ1) is 22.2. The van der Waals surface area contributed by atoms with E-state index in [4.69, 9.17) is 0 Å². The van der Waals surface area contributed by atoms with E-state index in [9.17, 15) is 15.6 Å². The first kappa shape index (κ1) is 35.3. The second-order valence-corrected chi connectivity index (χ2v) is 9.06. The molecule has 0 fully saturated rings. The van der Waals surface area contributed by atoms with Gasteiger partial charge < -0.3 is 31.1 Å². The van der Waals surface area contributed by atoms with Gasteiger partial charge in [0.15, 0.2) is 0 Å². The Labute approximate surface area is 299 Å². The fourth-order valence-corrected chi connectivity index (χ4v) is 4.04. The molecule has 0 N–H and O–H groups in total. The number of aromatic nitrogens is 3. The number of pyridine rings is 3. The van der Waals surface area contributed by atoms with Crippen LogP contribution in [0.15, 0.2) is 180 Å². The van der Waals surface area contributed by atoms with Gasteiger partial charge in [-0.15, -0.1) is 0 Å². The van der Waals surface area contributed by atoms with Crippen molar-refractivity contribution >= 4 is 17.1 Å². The van der Waals surface area contributed by atoms with E-state index >= 15 is 0 Å². The molecule has 3 aromatic heterocycles. The Morgan fingerprint density at radius 2 is 0.587 bits per heavy atom. The SMILES string of the molecule is [Gd+3].[O-]N=C(c1ccccc1)c1ccccn1.[O-]N=C(c1ccccc1)c1ccccn1.[O-]N=C(c1ccccc1)c1ccccn1. The van der Waals surface area contributed by atoms with Crippen LogP contribution >= 0.6 is 0 Å². The molecule has 0 aliphatic heterocycles. The molecule has 0 spiro atoms. The minimum atomic E-state index is 0. The zero-order valence-corrected chi connectivity index (χ0v) is 26.6. The summed E-state index contributed by atoms with van der Waals surface area (Å²) in [5.41, 5.74) is 5.25. The maximum atomic E-state index is 10.8. The van der Waals surface area contributed by atoms with Gasteiger partial charge in [0.1, 0.15) is 0 Å². The Hall–Kier alpha value is -5.16. The van der Waals surface area contributed by atoms with Crippen molar-refractivity contribution in [3.63, 3.8) is 0 Å². The number of rotatable bonds is 6. The van der Waals surface area contributed by atoms with E-state index in [-0.39, 0.29) is 39.9 Å². The van der Waals surface area contributed by atoms with E-state index in [2.05, 4.69) is 30.4 Å². The van der Waals surface area contributed by atoms with Gasteiger partial charge in [0, 0.05) is 35.3 Å². The van der Waals surface area contributed by atoms with E-state index in [0.717, 1.165) is 16.7 Å². The second-order valence-electron chi connectivity index (χ2n) is 9.06. The van der Waals surface area contributed by atoms with Crippen molar-refractivity contribution < 1.29 is 39.9 Å². The standard InChI is InChI=1S/3C12H10N2O.Gd/c3*15-14-12(10-6-2-1-3-7-10)11-8-4-5-9-13-11;/h3*1-9,15H;/q;;;+3/p-3. The summed E-state index contributed by atoms with van der Waals surface area (Å²) in [5, 5.41) is 41.4. The summed E-state index contributed by atoms with van der Waals surface area (Å²) in [7, 11) is 0. The Morgan fingerprint density at radius 1 is 0.348 bits per heavy atom. The van der Waals surface area contributed by atoms with Crippen LogP contribution in [0.1, 0.15) is 33.8 Å². The zero-order chi connectivity index (χ0) is 31.5. The molecule has 0 aliphatic rings. The molecular weight excluding hydrogens is 722 g/mol. The van der Waals surface area contributed by atoms with Gasteiger partial charge in [0.2, 0.25) is 0 Å². The van der Waals surface area contributed by atoms with Gasteiger partial charge >= 0.3 is 39.9 Å². The molecule has 10 heteroatoms. The van der Waals surface area contributed by atoms with Gasteiger partial charge in [0.25, 0.3) is 0 Å². The van der Waals surface area contributed by atoms with Crippen molar-refractivity contribution in [2.45, 2.75) is 0 Å². The number of hydrogen-bond donors (Lipinski definition) is 0. The Balaban J connectivity index is 0.000000186. The van der Waals surface area contributed by atoms with Crippen molar-refractivity contribution in [2.24, 2.45) is 15.5 Å². The molecule has 3 heterocycles. The Morgan fingerprint density at radius 3 is 0.783 bits per heavy atom. The van der Waals surface area contributed by atoms with Crippen LogP contribution in [0, 0.1) is 55.6 Å². The molecule has 46 heavy (non-hydrogen) atoms. The molecule has 9 nitrogen and oxygen atoms in total. The summed E-state index contributed by atoms with van der Waals surface area (Å²) in [6, 6.07) is 44.1. The summed E-state index contributed by atoms with van der Waals surface area (Å²) in [4.78, 5) is 12.3. The first-order valence-corrected chi connectivity index (χ1v) is 13.8. The van der Waals surface area contributed by atoms with E-state index in [1.807, 2.05) is 109 Å². The summed E-state index contributed by atoms with van der Waals surface area (Å²) < 4.78 is 0. The van der Waals surface area contributed by atoms with Crippen LogP contribution in [-0.4, -0.2) is 32.1 Å². The molecule has 0 unspecified atom stereocenters. The largest absolute Gasteiger partial charge is 3.00 e. The Bertz CT molecular complexity index is 1450. The molecule has 1 radical (unpaired) electrons. The van der Waals surface area contributed by atoms with Gasteiger partial charge in [-0.05, 0) is 36.4 Å². The van der Waals surface area contributed by atoms with E-state index in [1.54, 1.807) is 55.0 Å². The average molecular weight is 749 g/mol. The summed E-state index contributed by atoms with van der Waals surface area (Å²) in [6.45, 7) is 0. The third-order valence-corrected chi connectivity index (χ3v) is 6.14. The minimum absolute atomic E-state index is 0. The topological polar surface area (TPSA) is 145 Å². The monoisotopic (exact) mass is 749 g/mol. The molecule has 3 aromatic carbocycles. The van der Waals surface area contributed by atoms with Crippen LogP contribution in [0.25, 0.3) is 0 Å². The fraction of sp³-hybridized carbons (Fsp3) is 0. The van der Waals surface area contributed by atoms with Crippen molar-refractivity contribution in [1.29, 1.82) is 0 Å². The van der Waals surface area contributed by atoms with E-state index in [1.165, 1.54) is 0 Å². The van der Waals surface area contributed by atoms with Gasteiger partial charge in [-0.1, -0.05) is 109 Å². The first-order valence-electron chi connectivity index (χ1n) is 13.8. The molecule has 0 amide bonds. The van der Waals surface area contributed by atoms with E-state index in [0.29, 0.717) is 34.2 Å². The average Bonchev–Trinajstić information content (AvgIpc) is 3.13. The van der Waals surface area contributed by atoms with Crippen LogP contribution in [0.5, 0.6) is 0 Å². The molecule has 0 saturated carbocycles. The van der Waals surface area contributed by atoms with Gasteiger partial charge in [-0.25, -0.2) is 0 Å². The molecule has 6 rings (SSSR count). The van der Waals surface area contributed by atoms with Crippen molar-refractivity contribution in [2.75, 3.05) is 0 Å². The van der Waals surface area contributed by atoms with E-state index < -0.39 is 0 Å². The zero-order valence-electron chi connectivity index (χ0n) is 24.4. The second kappa shape index (κ2) is 20.0. The molecule has 227 valence electrons. The predicted octanol–water partition coefficient (Wildman–Crippen LogP) is 7.25. The molecular formula is C36H27GdN6O3. The van der Waals surface area contributed by atoms with Crippen LogP contribution in [0.3, 0.4) is 0 Å². The van der Waals surface area contributed by atoms with Gasteiger partial charge in [-0.2, -0.15) is 0 Å². The van der Waals surface area contributed by atoms with Crippen molar-refractivity contribution in [3.8, 4) is 0 Å². The molecule has 0 bridgehead atoms. The molecule has 0 aliphatic carbocycles. The summed E-state index contributed by atoms with van der Waals surface area (Å²) >= 11 is 0. The van der Waals surface area contributed by atoms with Crippen LogP contribution in [-0.2, 0) is 0 Å². The van der Waals surface area contributed by atoms with Crippen LogP contribution < -0.4 is 0 Å². The molecule has 0 atom stereocenters. The fourth-order valence-electron chi connectivity index (χ4n) is 4.04. The minimum Gasteiger partial charge on any atom is -0.791 e. The number of hydrogen-bond acceptors (Lipinski definition) is 9. The third kappa shape index (κ3) is 10.5. The Kier molecular flexibility index (Phi) is 15.3. The molecule has 6 aromatic rings. The summed E-state index contributed by atoms with van der Waals surface area (Å²) in [6.07, 6.45) is 4.93. The van der Waals surface area contributed by atoms with Crippen LogP contribution in [0.4, 0.5) is 0 Å². The van der Waals surface area contributed by atoms with Crippen molar-refractivity contribution in [1.82, 2.24) is 15.0 Å².